The predicted octanol–water partition coefficient (Wildman–Crippen LogP) is 3.74. The molecule has 0 aliphatic heterocycles. The lowest BCUT2D eigenvalue weighted by atomic mass is 10.1. The molecule has 0 bridgehead atoms. The molecule has 0 aliphatic carbocycles. The van der Waals surface area contributed by atoms with Crippen LogP contribution in [0.5, 0.6) is 5.75 Å². The third kappa shape index (κ3) is 5.15. The van der Waals surface area contributed by atoms with Gasteiger partial charge in [0.15, 0.2) is 0 Å². The Hall–Kier alpha value is -3.65. The number of anilines is 1. The van der Waals surface area contributed by atoms with Crippen molar-refractivity contribution in [2.45, 2.75) is 25.7 Å². The molecule has 0 saturated carbocycles. The van der Waals surface area contributed by atoms with Crippen LogP contribution in [-0.4, -0.2) is 31.7 Å². The molecule has 2 N–H and O–H groups in total. The van der Waals surface area contributed by atoms with Crippen LogP contribution < -0.4 is 9.73 Å². The molecule has 0 spiro atoms. The van der Waals surface area contributed by atoms with Gasteiger partial charge in [0.1, 0.15) is 12.3 Å². The van der Waals surface area contributed by atoms with Crippen LogP contribution in [-0.2, 0) is 14.8 Å². The summed E-state index contributed by atoms with van der Waals surface area (Å²) in [5.74, 6) is -0.580. The van der Waals surface area contributed by atoms with E-state index < -0.39 is 22.5 Å². The fourth-order valence-electron chi connectivity index (χ4n) is 3.07. The topological polar surface area (TPSA) is 99.1 Å². The van der Waals surface area contributed by atoms with Gasteiger partial charge < -0.3 is 5.11 Å². The second kappa shape index (κ2) is 9.65. The van der Waals surface area contributed by atoms with Gasteiger partial charge in [-0.25, -0.2) is 13.8 Å². The van der Waals surface area contributed by atoms with Crippen molar-refractivity contribution in [3.05, 3.63) is 89.5 Å². The number of nitrogens with one attached hydrogen (secondary N) is 1. The fourth-order valence-corrected chi connectivity index (χ4v) is 4.50. The zero-order valence-corrected chi connectivity index (χ0v) is 18.9. The molecule has 0 radical (unpaired) electrons. The normalized spacial score (nSPS) is 11.8. The maximum absolute atomic E-state index is 13.3. The summed E-state index contributed by atoms with van der Waals surface area (Å²) in [4.78, 5) is 12.8. The zero-order chi connectivity index (χ0) is 23.3. The first-order chi connectivity index (χ1) is 15.2. The molecule has 0 atom stereocenters. The largest absolute Gasteiger partial charge is 0.507 e. The predicted molar refractivity (Wildman–Crippen MR) is 125 cm³/mol. The molecule has 1 amide bonds. The molecule has 32 heavy (non-hydrogen) atoms. The third-order valence-electron chi connectivity index (χ3n) is 5.04. The number of phenolic OH excluding ortho intramolecular Hbond substituents is 1. The number of sulfonamides is 1. The van der Waals surface area contributed by atoms with Crippen LogP contribution in [0.15, 0.2) is 82.8 Å². The Kier molecular flexibility index (Phi) is 6.95. The highest BCUT2D eigenvalue weighted by molar-refractivity contribution is 7.92. The van der Waals surface area contributed by atoms with E-state index in [1.165, 1.54) is 18.2 Å². The van der Waals surface area contributed by atoms with Gasteiger partial charge in [-0.05, 0) is 68.3 Å². The minimum atomic E-state index is -3.99. The van der Waals surface area contributed by atoms with Crippen LogP contribution in [0.3, 0.4) is 0 Å². The van der Waals surface area contributed by atoms with Crippen LogP contribution in [0.2, 0.25) is 0 Å². The molecule has 0 aliphatic rings. The lowest BCUT2D eigenvalue weighted by molar-refractivity contribution is -0.119. The Morgan fingerprint density at radius 2 is 1.62 bits per heavy atom. The first-order valence-corrected chi connectivity index (χ1v) is 11.4. The maximum Gasteiger partial charge on any atom is 0.264 e. The summed E-state index contributed by atoms with van der Waals surface area (Å²) in [5.41, 5.74) is 5.55. The number of amides is 1. The van der Waals surface area contributed by atoms with Crippen molar-refractivity contribution < 1.29 is 18.3 Å². The van der Waals surface area contributed by atoms with Crippen LogP contribution >= 0.6 is 0 Å². The van der Waals surface area contributed by atoms with E-state index in [0.29, 0.717) is 17.0 Å². The average Bonchev–Trinajstić information content (AvgIpc) is 2.78. The van der Waals surface area contributed by atoms with Crippen LogP contribution in [0.25, 0.3) is 0 Å². The number of para-hydroxylation sites is 1. The number of carbonyl (C=O) groups is 1. The average molecular weight is 452 g/mol. The second-order valence-corrected chi connectivity index (χ2v) is 9.20. The van der Waals surface area contributed by atoms with Crippen LogP contribution in [0.4, 0.5) is 5.69 Å². The Morgan fingerprint density at radius 3 is 2.28 bits per heavy atom. The lowest BCUT2D eigenvalue weighted by Crippen LogP contribution is -2.39. The number of hydrazone groups is 1. The summed E-state index contributed by atoms with van der Waals surface area (Å²) < 4.78 is 27.8. The summed E-state index contributed by atoms with van der Waals surface area (Å²) in [6.07, 6.45) is 0. The van der Waals surface area contributed by atoms with Gasteiger partial charge >= 0.3 is 0 Å². The summed E-state index contributed by atoms with van der Waals surface area (Å²) in [5, 5.41) is 14.0. The number of phenols is 1. The van der Waals surface area contributed by atoms with Crippen molar-refractivity contribution in [3.63, 3.8) is 0 Å². The highest BCUT2D eigenvalue weighted by atomic mass is 32.2. The van der Waals surface area contributed by atoms with Gasteiger partial charge in [-0.15, -0.1) is 0 Å². The first-order valence-electron chi connectivity index (χ1n) is 9.96. The van der Waals surface area contributed by atoms with Crippen LogP contribution in [0, 0.1) is 13.8 Å². The van der Waals surface area contributed by atoms with Gasteiger partial charge in [-0.2, -0.15) is 5.10 Å². The zero-order valence-electron chi connectivity index (χ0n) is 18.1. The van der Waals surface area contributed by atoms with E-state index in [9.17, 15) is 18.3 Å². The Labute approximate surface area is 188 Å². The van der Waals surface area contributed by atoms with Gasteiger partial charge in [0.05, 0.1) is 16.3 Å². The van der Waals surface area contributed by atoms with E-state index in [4.69, 9.17) is 0 Å². The van der Waals surface area contributed by atoms with Crippen LogP contribution in [0.1, 0.15) is 23.6 Å². The van der Waals surface area contributed by atoms with E-state index in [1.54, 1.807) is 55.5 Å². The Bertz CT molecular complexity index is 1260. The summed E-state index contributed by atoms with van der Waals surface area (Å²) in [6.45, 7) is 4.99. The highest BCUT2D eigenvalue weighted by Crippen LogP contribution is 2.25. The van der Waals surface area contributed by atoms with Crippen molar-refractivity contribution in [1.82, 2.24) is 5.43 Å². The van der Waals surface area contributed by atoms with Gasteiger partial charge in [0, 0.05) is 5.56 Å². The molecule has 0 heterocycles. The number of rotatable bonds is 7. The van der Waals surface area contributed by atoms with Crippen molar-refractivity contribution in [1.29, 1.82) is 0 Å². The SMILES string of the molecule is CC(=NNC(=O)CN(c1ccc(C)c(C)c1)S(=O)(=O)c1ccccc1)c1ccccc1O. The first kappa shape index (κ1) is 23.0. The molecule has 8 heteroatoms. The van der Waals surface area contributed by atoms with Crippen molar-refractivity contribution in [2.75, 3.05) is 10.8 Å². The minimum absolute atomic E-state index is 0.0337. The van der Waals surface area contributed by atoms with Crippen molar-refractivity contribution in [3.8, 4) is 5.75 Å². The van der Waals surface area contributed by atoms with E-state index in [2.05, 4.69) is 10.5 Å². The number of hydrogen-bond donors (Lipinski definition) is 2. The molecular weight excluding hydrogens is 426 g/mol. The van der Waals surface area contributed by atoms with Gasteiger partial charge in [0.2, 0.25) is 0 Å². The number of hydrogen-bond acceptors (Lipinski definition) is 5. The monoisotopic (exact) mass is 451 g/mol. The third-order valence-corrected chi connectivity index (χ3v) is 6.83. The molecular formula is C24H25N3O4S. The number of aryl methyl sites for hydroxylation is 2. The lowest BCUT2D eigenvalue weighted by Gasteiger charge is -2.24. The molecule has 3 aromatic rings. The van der Waals surface area contributed by atoms with E-state index in [-0.39, 0.29) is 10.6 Å². The molecule has 0 fully saturated rings. The van der Waals surface area contributed by atoms with E-state index >= 15 is 0 Å². The van der Waals surface area contributed by atoms with E-state index in [0.717, 1.165) is 15.4 Å². The molecule has 0 unspecified atom stereocenters. The standard InChI is InChI=1S/C24H25N3O4S/c1-17-13-14-20(15-18(17)2)27(32(30,31)21-9-5-4-6-10-21)16-24(29)26-25-19(3)22-11-7-8-12-23(22)28/h4-15,28H,16H2,1-3H3,(H,26,29). The van der Waals surface area contributed by atoms with E-state index in [1.807, 2.05) is 19.9 Å². The molecule has 7 nitrogen and oxygen atoms in total. The molecule has 0 saturated heterocycles. The summed E-state index contributed by atoms with van der Waals surface area (Å²) >= 11 is 0. The minimum Gasteiger partial charge on any atom is -0.507 e. The van der Waals surface area contributed by atoms with Gasteiger partial charge in [-0.3, -0.25) is 9.10 Å². The molecule has 0 aromatic heterocycles. The number of carbonyl (C=O) groups excluding carboxylic acids is 1. The maximum atomic E-state index is 13.3. The van der Waals surface area contributed by atoms with Gasteiger partial charge in [-0.1, -0.05) is 36.4 Å². The fraction of sp³-hybridized carbons (Fsp3) is 0.167. The second-order valence-electron chi connectivity index (χ2n) is 7.34. The molecule has 166 valence electrons. The number of benzene rings is 3. The quantitative estimate of drug-likeness (QED) is 0.422. The highest BCUT2D eigenvalue weighted by Gasteiger charge is 2.27. The molecule has 3 rings (SSSR count). The summed E-state index contributed by atoms with van der Waals surface area (Å²) in [7, 11) is -3.99. The Balaban J connectivity index is 1.90. The molecule has 3 aromatic carbocycles. The smallest absolute Gasteiger partial charge is 0.264 e. The number of aromatic hydroxyl groups is 1. The van der Waals surface area contributed by atoms with Crippen molar-refractivity contribution in [2.24, 2.45) is 5.10 Å². The van der Waals surface area contributed by atoms with Crippen molar-refractivity contribution >= 4 is 27.3 Å². The van der Waals surface area contributed by atoms with Gasteiger partial charge in [0.25, 0.3) is 15.9 Å². The summed E-state index contributed by atoms with van der Waals surface area (Å²) in [6, 6.07) is 19.8. The number of nitrogens with zero attached hydrogens (tertiary/aromatic N) is 2. The Morgan fingerprint density at radius 1 is 0.969 bits per heavy atom.